The highest BCUT2D eigenvalue weighted by atomic mass is 16.4. The maximum absolute atomic E-state index is 9.81. The molecule has 0 bridgehead atoms. The Bertz CT molecular complexity index is 977. The fourth-order valence-electron chi connectivity index (χ4n) is 2.87. The van der Waals surface area contributed by atoms with Gasteiger partial charge in [-0.2, -0.15) is 10.1 Å². The fraction of sp³-hybridized carbons (Fsp3) is 0.412. The number of para-hydroxylation sites is 1. The largest absolute Gasteiger partial charge is 0.394 e. The number of hydrogen-bond donors (Lipinski definition) is 6. The van der Waals surface area contributed by atoms with Crippen LogP contribution in [-0.4, -0.2) is 82.5 Å². The molecule has 0 saturated carbocycles. The Hall–Kier alpha value is -2.70. The predicted octanol–water partition coefficient (Wildman–Crippen LogP) is -1.17. The highest BCUT2D eigenvalue weighted by molar-refractivity contribution is 6.04. The van der Waals surface area contributed by atoms with E-state index in [0.717, 1.165) is 17.1 Å². The number of nitrogens with zero attached hydrogens (tertiary/aromatic N) is 5. The second-order valence-electron chi connectivity index (χ2n) is 6.18. The van der Waals surface area contributed by atoms with Crippen LogP contribution in [0.1, 0.15) is 6.92 Å². The quantitative estimate of drug-likeness (QED) is 0.205. The minimum Gasteiger partial charge on any atom is -0.394 e. The van der Waals surface area contributed by atoms with Gasteiger partial charge in [0, 0.05) is 11.9 Å². The zero-order chi connectivity index (χ0) is 20.3. The van der Waals surface area contributed by atoms with Crippen LogP contribution in [0.4, 0.5) is 5.95 Å². The Balaban J connectivity index is 1.78. The summed E-state index contributed by atoms with van der Waals surface area (Å²) in [7, 11) is 0. The summed E-state index contributed by atoms with van der Waals surface area (Å²) in [5, 5.41) is 60.0. The lowest BCUT2D eigenvalue weighted by Crippen LogP contribution is -2.46. The summed E-state index contributed by atoms with van der Waals surface area (Å²) >= 11 is 0. The van der Waals surface area contributed by atoms with Gasteiger partial charge in [0.1, 0.15) is 29.9 Å². The molecule has 3 rings (SSSR count). The van der Waals surface area contributed by atoms with Gasteiger partial charge in [-0.15, -0.1) is 10.2 Å². The number of fused-ring (bicyclic) bond motifs is 3. The van der Waals surface area contributed by atoms with Crippen molar-refractivity contribution in [3.05, 3.63) is 24.3 Å². The number of aliphatic hydroxyl groups excluding tert-OH is 5. The highest BCUT2D eigenvalue weighted by Gasteiger charge is 2.29. The van der Waals surface area contributed by atoms with E-state index in [1.165, 1.54) is 0 Å². The second-order valence-corrected chi connectivity index (χ2v) is 6.18. The molecule has 2 aromatic heterocycles. The van der Waals surface area contributed by atoms with Crippen molar-refractivity contribution in [3.63, 3.8) is 0 Å². The molecule has 11 nitrogen and oxygen atoms in total. The molecule has 28 heavy (non-hydrogen) atoms. The molecule has 4 atom stereocenters. The molecule has 0 radical (unpaired) electrons. The lowest BCUT2D eigenvalue weighted by molar-refractivity contribution is -0.0999. The molecule has 3 aromatic rings. The second kappa shape index (κ2) is 8.54. The lowest BCUT2D eigenvalue weighted by atomic mass is 10.0. The summed E-state index contributed by atoms with van der Waals surface area (Å²) in [6, 6.07) is 7.75. The standard InChI is InChI=1S/C17H22N6O5/c1-2-23-10-6-4-3-5-9(10)13-16(23)19-17(22-20-13)21-18-7-11(25)14(27)15(28)12(26)8-24/h3-7,11-12,14-15,24-28H,2,8H2,1H3,(H,19,21,22)/t11-,12+,14+,15-/m0/s1. The SMILES string of the molecule is CCn1c2ccccc2c2nnc(NN=C[C@H](O)[C@@H](O)[C@@H](O)[C@H](O)CO)nc21. The van der Waals surface area contributed by atoms with E-state index in [0.29, 0.717) is 17.7 Å². The molecular weight excluding hydrogens is 368 g/mol. The monoisotopic (exact) mass is 390 g/mol. The van der Waals surface area contributed by atoms with Gasteiger partial charge in [-0.05, 0) is 13.0 Å². The third kappa shape index (κ3) is 3.79. The van der Waals surface area contributed by atoms with Gasteiger partial charge in [-0.3, -0.25) is 0 Å². The van der Waals surface area contributed by atoms with Crippen molar-refractivity contribution < 1.29 is 25.5 Å². The van der Waals surface area contributed by atoms with E-state index in [1.54, 1.807) is 0 Å². The molecule has 2 heterocycles. The summed E-state index contributed by atoms with van der Waals surface area (Å²) in [5.74, 6) is 0.0823. The van der Waals surface area contributed by atoms with Crippen LogP contribution >= 0.6 is 0 Å². The predicted molar refractivity (Wildman–Crippen MR) is 102 cm³/mol. The molecule has 0 aliphatic heterocycles. The van der Waals surface area contributed by atoms with E-state index in [-0.39, 0.29) is 5.95 Å². The number of aryl methyl sites for hydroxylation is 1. The van der Waals surface area contributed by atoms with Crippen LogP contribution in [0.15, 0.2) is 29.4 Å². The molecule has 1 aromatic carbocycles. The average molecular weight is 390 g/mol. The van der Waals surface area contributed by atoms with Crippen LogP contribution in [-0.2, 0) is 6.54 Å². The molecule has 150 valence electrons. The summed E-state index contributed by atoms with van der Waals surface area (Å²) in [4.78, 5) is 4.40. The molecule has 0 unspecified atom stereocenters. The van der Waals surface area contributed by atoms with Crippen LogP contribution in [0.3, 0.4) is 0 Å². The number of rotatable bonds is 8. The van der Waals surface area contributed by atoms with Crippen LogP contribution in [0.5, 0.6) is 0 Å². The first kappa shape index (κ1) is 20.0. The van der Waals surface area contributed by atoms with Crippen molar-refractivity contribution >= 4 is 34.2 Å². The minimum absolute atomic E-state index is 0.0823. The third-order valence-corrected chi connectivity index (χ3v) is 4.36. The van der Waals surface area contributed by atoms with E-state index >= 15 is 0 Å². The van der Waals surface area contributed by atoms with E-state index in [9.17, 15) is 20.4 Å². The van der Waals surface area contributed by atoms with Crippen LogP contribution in [0.2, 0.25) is 0 Å². The Morgan fingerprint density at radius 2 is 1.89 bits per heavy atom. The van der Waals surface area contributed by atoms with Gasteiger partial charge in [0.2, 0.25) is 0 Å². The normalized spacial score (nSPS) is 16.5. The molecule has 6 N–H and O–H groups in total. The molecule has 0 amide bonds. The highest BCUT2D eigenvalue weighted by Crippen LogP contribution is 2.25. The van der Waals surface area contributed by atoms with Gasteiger partial charge in [-0.25, -0.2) is 5.43 Å². The Morgan fingerprint density at radius 1 is 1.14 bits per heavy atom. The number of aromatic nitrogens is 4. The number of hydrogen-bond acceptors (Lipinski definition) is 10. The van der Waals surface area contributed by atoms with Crippen molar-refractivity contribution in [2.75, 3.05) is 12.0 Å². The van der Waals surface area contributed by atoms with Gasteiger partial charge in [0.25, 0.3) is 5.95 Å². The van der Waals surface area contributed by atoms with Crippen molar-refractivity contribution in [3.8, 4) is 0 Å². The molecule has 0 aliphatic rings. The molecule has 0 spiro atoms. The summed E-state index contributed by atoms with van der Waals surface area (Å²) in [6.07, 6.45) is -5.74. The number of hydrazone groups is 1. The minimum atomic E-state index is -1.74. The summed E-state index contributed by atoms with van der Waals surface area (Å²) in [5.41, 5.74) is 4.77. The average Bonchev–Trinajstić information content (AvgIpc) is 3.04. The van der Waals surface area contributed by atoms with Crippen molar-refractivity contribution in [2.45, 2.75) is 37.9 Å². The van der Waals surface area contributed by atoms with Gasteiger partial charge in [0.15, 0.2) is 5.65 Å². The number of anilines is 1. The first-order valence-corrected chi connectivity index (χ1v) is 8.71. The molecule has 0 saturated heterocycles. The zero-order valence-corrected chi connectivity index (χ0v) is 15.1. The van der Waals surface area contributed by atoms with Gasteiger partial charge in [-0.1, -0.05) is 18.2 Å². The maximum atomic E-state index is 9.81. The summed E-state index contributed by atoms with van der Waals surface area (Å²) < 4.78 is 1.99. The Morgan fingerprint density at radius 3 is 2.61 bits per heavy atom. The van der Waals surface area contributed by atoms with Crippen molar-refractivity contribution in [1.82, 2.24) is 19.7 Å². The van der Waals surface area contributed by atoms with E-state index in [4.69, 9.17) is 5.11 Å². The number of nitrogens with one attached hydrogen (secondary N) is 1. The topological polar surface area (TPSA) is 169 Å². The van der Waals surface area contributed by atoms with Gasteiger partial charge >= 0.3 is 0 Å². The van der Waals surface area contributed by atoms with Crippen molar-refractivity contribution in [2.24, 2.45) is 5.10 Å². The number of benzene rings is 1. The molecule has 11 heteroatoms. The van der Waals surface area contributed by atoms with Crippen LogP contribution in [0.25, 0.3) is 22.1 Å². The van der Waals surface area contributed by atoms with Gasteiger partial charge in [0.05, 0.1) is 18.3 Å². The van der Waals surface area contributed by atoms with Gasteiger partial charge < -0.3 is 30.1 Å². The number of aliphatic hydroxyl groups is 5. The first-order valence-electron chi connectivity index (χ1n) is 8.71. The maximum Gasteiger partial charge on any atom is 0.265 e. The van der Waals surface area contributed by atoms with Crippen molar-refractivity contribution in [1.29, 1.82) is 0 Å². The van der Waals surface area contributed by atoms with E-state index < -0.39 is 31.0 Å². The molecular formula is C17H22N6O5. The fourth-order valence-corrected chi connectivity index (χ4v) is 2.87. The van der Waals surface area contributed by atoms with E-state index in [2.05, 4.69) is 25.7 Å². The summed E-state index contributed by atoms with van der Waals surface area (Å²) in [6.45, 7) is 1.91. The van der Waals surface area contributed by atoms with Crippen LogP contribution < -0.4 is 5.43 Å². The zero-order valence-electron chi connectivity index (χ0n) is 15.1. The first-order chi connectivity index (χ1) is 13.5. The Kier molecular flexibility index (Phi) is 6.11. The molecule has 0 aliphatic carbocycles. The lowest BCUT2D eigenvalue weighted by Gasteiger charge is -2.23. The third-order valence-electron chi connectivity index (χ3n) is 4.36. The molecule has 0 fully saturated rings. The Labute approximate surface area is 159 Å². The smallest absolute Gasteiger partial charge is 0.265 e. The van der Waals surface area contributed by atoms with E-state index in [1.807, 2.05) is 35.8 Å². The van der Waals surface area contributed by atoms with Crippen LogP contribution in [0, 0.1) is 0 Å².